The molecule has 1 N–H and O–H groups in total. The van der Waals surface area contributed by atoms with Crippen LogP contribution >= 0.6 is 0 Å². The van der Waals surface area contributed by atoms with E-state index in [1.165, 1.54) is 6.07 Å². The van der Waals surface area contributed by atoms with Crippen LogP contribution in [-0.4, -0.2) is 17.4 Å². The van der Waals surface area contributed by atoms with E-state index in [9.17, 15) is 18.0 Å². The van der Waals surface area contributed by atoms with Crippen molar-refractivity contribution in [3.8, 4) is 11.8 Å². The summed E-state index contributed by atoms with van der Waals surface area (Å²) < 4.78 is 40.4. The first-order valence-electron chi connectivity index (χ1n) is 5.30. The second kappa shape index (κ2) is 5.61. The van der Waals surface area contributed by atoms with Crippen molar-refractivity contribution in [2.24, 2.45) is 0 Å². The van der Waals surface area contributed by atoms with Gasteiger partial charge in [-0.3, -0.25) is 4.79 Å². The zero-order valence-electron chi connectivity index (χ0n) is 9.91. The molecule has 0 saturated heterocycles. The summed E-state index contributed by atoms with van der Waals surface area (Å²) in [6.07, 6.45) is -5.24. The molecule has 0 heterocycles. The molecule has 0 atom stereocenters. The van der Waals surface area contributed by atoms with Gasteiger partial charge in [-0.25, -0.2) is 0 Å². The fourth-order valence-corrected chi connectivity index (χ4v) is 1.66. The molecule has 0 fully saturated rings. The van der Waals surface area contributed by atoms with Gasteiger partial charge in [0.25, 0.3) is 0 Å². The third kappa shape index (κ3) is 3.88. The van der Waals surface area contributed by atoms with Gasteiger partial charge in [-0.1, -0.05) is 13.0 Å². The molecule has 1 aromatic rings. The molecule has 19 heavy (non-hydrogen) atoms. The SMILES string of the molecule is CCc1ccc(OC(F)(F)F)c(CC(=O)O)c1C#N. The summed E-state index contributed by atoms with van der Waals surface area (Å²) in [4.78, 5) is 10.7. The highest BCUT2D eigenvalue weighted by atomic mass is 19.4. The number of nitriles is 1. The summed E-state index contributed by atoms with van der Waals surface area (Å²) in [6.45, 7) is 1.71. The number of hydrogen-bond acceptors (Lipinski definition) is 3. The zero-order chi connectivity index (χ0) is 14.6. The lowest BCUT2D eigenvalue weighted by Gasteiger charge is -2.15. The van der Waals surface area contributed by atoms with Crippen molar-refractivity contribution in [2.45, 2.75) is 26.1 Å². The summed E-state index contributed by atoms with van der Waals surface area (Å²) in [5.74, 6) is -1.99. The standard InChI is InChI=1S/C12H10F3NO3/c1-2-7-3-4-10(19-12(13,14)15)8(5-11(17)18)9(7)6-16/h3-4H,2,5H2,1H3,(H,17,18). The minimum absolute atomic E-state index is 0.0772. The number of rotatable bonds is 4. The normalized spacial score (nSPS) is 10.9. The molecule has 0 aliphatic heterocycles. The molecular weight excluding hydrogens is 263 g/mol. The number of aliphatic carboxylic acids is 1. The van der Waals surface area contributed by atoms with Crippen molar-refractivity contribution >= 4 is 5.97 Å². The van der Waals surface area contributed by atoms with E-state index in [2.05, 4.69) is 4.74 Å². The summed E-state index contributed by atoms with van der Waals surface area (Å²) in [5.41, 5.74) is 0.145. The minimum atomic E-state index is -4.94. The summed E-state index contributed by atoms with van der Waals surface area (Å²) >= 11 is 0. The van der Waals surface area contributed by atoms with Crippen LogP contribution in [0.15, 0.2) is 12.1 Å². The van der Waals surface area contributed by atoms with E-state index in [1.807, 2.05) is 0 Å². The number of hydrogen-bond donors (Lipinski definition) is 1. The monoisotopic (exact) mass is 273 g/mol. The number of halogens is 3. The van der Waals surface area contributed by atoms with Gasteiger partial charge in [0.05, 0.1) is 18.1 Å². The molecule has 0 unspecified atom stereocenters. The van der Waals surface area contributed by atoms with E-state index in [0.29, 0.717) is 12.0 Å². The Bertz CT molecular complexity index is 532. The second-order valence-corrected chi connectivity index (χ2v) is 3.66. The Morgan fingerprint density at radius 1 is 1.47 bits per heavy atom. The minimum Gasteiger partial charge on any atom is -0.481 e. The molecule has 0 aliphatic carbocycles. The van der Waals surface area contributed by atoms with Crippen molar-refractivity contribution < 1.29 is 27.8 Å². The lowest BCUT2D eigenvalue weighted by atomic mass is 9.97. The molecule has 0 saturated carbocycles. The first kappa shape index (κ1) is 14.8. The Morgan fingerprint density at radius 3 is 2.53 bits per heavy atom. The van der Waals surface area contributed by atoms with Crippen molar-refractivity contribution in [2.75, 3.05) is 0 Å². The molecule has 0 radical (unpaired) electrons. The molecule has 1 rings (SSSR count). The van der Waals surface area contributed by atoms with Crippen LogP contribution in [0.3, 0.4) is 0 Å². The molecule has 0 spiro atoms. The number of nitrogens with zero attached hydrogens (tertiary/aromatic N) is 1. The molecule has 4 nitrogen and oxygen atoms in total. The van der Waals surface area contributed by atoms with Gasteiger partial charge in [-0.2, -0.15) is 5.26 Å². The van der Waals surface area contributed by atoms with Crippen LogP contribution in [0.1, 0.15) is 23.6 Å². The number of carboxylic acid groups (broad SMARTS) is 1. The average molecular weight is 273 g/mol. The molecular formula is C12H10F3NO3. The van der Waals surface area contributed by atoms with Gasteiger partial charge in [0.1, 0.15) is 5.75 Å². The summed E-state index contributed by atoms with van der Waals surface area (Å²) in [6, 6.07) is 4.09. The van der Waals surface area contributed by atoms with Crippen LogP contribution in [0.4, 0.5) is 13.2 Å². The van der Waals surface area contributed by atoms with E-state index in [-0.39, 0.29) is 11.1 Å². The predicted molar refractivity (Wildman–Crippen MR) is 58.6 cm³/mol. The van der Waals surface area contributed by atoms with Crippen LogP contribution in [0, 0.1) is 11.3 Å². The maximum atomic E-state index is 12.2. The second-order valence-electron chi connectivity index (χ2n) is 3.66. The van der Waals surface area contributed by atoms with E-state index in [1.54, 1.807) is 13.0 Å². The fraction of sp³-hybridized carbons (Fsp3) is 0.333. The first-order valence-corrected chi connectivity index (χ1v) is 5.30. The molecule has 0 aromatic heterocycles. The lowest BCUT2D eigenvalue weighted by Crippen LogP contribution is -2.19. The van der Waals surface area contributed by atoms with Gasteiger partial charge >= 0.3 is 12.3 Å². The van der Waals surface area contributed by atoms with E-state index in [0.717, 1.165) is 6.07 Å². The number of aryl methyl sites for hydroxylation is 1. The van der Waals surface area contributed by atoms with Gasteiger partial charge in [-0.05, 0) is 18.1 Å². The summed E-state index contributed by atoms with van der Waals surface area (Å²) in [7, 11) is 0. The Balaban J connectivity index is 3.39. The largest absolute Gasteiger partial charge is 0.573 e. The van der Waals surface area contributed by atoms with Crippen LogP contribution < -0.4 is 4.74 Å². The van der Waals surface area contributed by atoms with Gasteiger partial charge in [0.15, 0.2) is 0 Å². The van der Waals surface area contributed by atoms with Crippen molar-refractivity contribution in [1.82, 2.24) is 0 Å². The van der Waals surface area contributed by atoms with Gasteiger partial charge in [0, 0.05) is 5.56 Å². The van der Waals surface area contributed by atoms with Crippen molar-refractivity contribution in [1.29, 1.82) is 5.26 Å². The molecule has 102 valence electrons. The fourth-order valence-electron chi connectivity index (χ4n) is 1.66. The van der Waals surface area contributed by atoms with Crippen molar-refractivity contribution in [3.05, 3.63) is 28.8 Å². The number of ether oxygens (including phenoxy) is 1. The van der Waals surface area contributed by atoms with Crippen LogP contribution in [0.5, 0.6) is 5.75 Å². The van der Waals surface area contributed by atoms with E-state index < -0.39 is 24.5 Å². The zero-order valence-corrected chi connectivity index (χ0v) is 9.91. The third-order valence-electron chi connectivity index (χ3n) is 2.40. The molecule has 0 amide bonds. The smallest absolute Gasteiger partial charge is 0.481 e. The van der Waals surface area contributed by atoms with Gasteiger partial charge in [-0.15, -0.1) is 13.2 Å². The predicted octanol–water partition coefficient (Wildman–Crippen LogP) is 2.65. The Morgan fingerprint density at radius 2 is 2.11 bits per heavy atom. The van der Waals surface area contributed by atoms with Crippen molar-refractivity contribution in [3.63, 3.8) is 0 Å². The van der Waals surface area contributed by atoms with E-state index in [4.69, 9.17) is 10.4 Å². The Hall–Kier alpha value is -2.23. The number of alkyl halides is 3. The Kier molecular flexibility index (Phi) is 4.38. The topological polar surface area (TPSA) is 70.3 Å². The third-order valence-corrected chi connectivity index (χ3v) is 2.40. The highest BCUT2D eigenvalue weighted by Gasteiger charge is 2.33. The Labute approximate surface area is 107 Å². The molecule has 0 aliphatic rings. The van der Waals surface area contributed by atoms with E-state index >= 15 is 0 Å². The first-order chi connectivity index (χ1) is 8.78. The lowest BCUT2D eigenvalue weighted by molar-refractivity contribution is -0.274. The highest BCUT2D eigenvalue weighted by Crippen LogP contribution is 2.31. The summed E-state index contributed by atoms with van der Waals surface area (Å²) in [5, 5.41) is 17.7. The molecule has 1 aromatic carbocycles. The maximum absolute atomic E-state index is 12.2. The number of benzene rings is 1. The van der Waals surface area contributed by atoms with Gasteiger partial charge in [0.2, 0.25) is 0 Å². The van der Waals surface area contributed by atoms with Crippen LogP contribution in [-0.2, 0) is 17.6 Å². The average Bonchev–Trinajstić information content (AvgIpc) is 2.28. The van der Waals surface area contributed by atoms with Crippen LogP contribution in [0.25, 0.3) is 0 Å². The number of carboxylic acids is 1. The van der Waals surface area contributed by atoms with Gasteiger partial charge < -0.3 is 9.84 Å². The maximum Gasteiger partial charge on any atom is 0.573 e. The van der Waals surface area contributed by atoms with Crippen LogP contribution in [0.2, 0.25) is 0 Å². The number of carbonyl (C=O) groups is 1. The highest BCUT2D eigenvalue weighted by molar-refractivity contribution is 5.73. The molecule has 7 heteroatoms. The molecule has 0 bridgehead atoms. The quantitative estimate of drug-likeness (QED) is 0.915.